The van der Waals surface area contributed by atoms with Gasteiger partial charge in [-0.05, 0) is 34.1 Å². The highest BCUT2D eigenvalue weighted by Crippen LogP contribution is 2.35. The van der Waals surface area contributed by atoms with E-state index in [-0.39, 0.29) is 28.0 Å². The van der Waals surface area contributed by atoms with Gasteiger partial charge in [0.15, 0.2) is 0 Å². The van der Waals surface area contributed by atoms with Crippen LogP contribution in [0.5, 0.6) is 11.5 Å². The van der Waals surface area contributed by atoms with E-state index in [9.17, 15) is 9.18 Å². The van der Waals surface area contributed by atoms with Crippen molar-refractivity contribution in [1.29, 1.82) is 0 Å². The van der Waals surface area contributed by atoms with Gasteiger partial charge in [0.1, 0.15) is 17.3 Å². The molecule has 4 nitrogen and oxygen atoms in total. The van der Waals surface area contributed by atoms with Crippen LogP contribution in [0, 0.1) is 5.82 Å². The Bertz CT molecular complexity index is 710. The fraction of sp³-hybridized carbons (Fsp3) is 0.0714. The zero-order valence-electron chi connectivity index (χ0n) is 10.9. The Morgan fingerprint density at radius 3 is 2.71 bits per heavy atom. The molecule has 0 atom stereocenters. The zero-order chi connectivity index (χ0) is 15.6. The third kappa shape index (κ3) is 3.46. The van der Waals surface area contributed by atoms with Gasteiger partial charge in [-0.2, -0.15) is 0 Å². The van der Waals surface area contributed by atoms with Gasteiger partial charge in [-0.15, -0.1) is 0 Å². The Morgan fingerprint density at radius 2 is 2.05 bits per heavy atom. The maximum Gasteiger partial charge on any atom is 0.254 e. The Morgan fingerprint density at radius 1 is 1.33 bits per heavy atom. The van der Waals surface area contributed by atoms with E-state index in [0.717, 1.165) is 6.07 Å². The Kier molecular flexibility index (Phi) is 4.69. The summed E-state index contributed by atoms with van der Waals surface area (Å²) in [7, 11) is 1.50. The molecular formula is C14H11BrClFN2O2. The number of nitrogen functional groups attached to an aromatic ring is 1. The molecule has 3 N–H and O–H groups in total. The van der Waals surface area contributed by atoms with Gasteiger partial charge in [0.25, 0.3) is 5.91 Å². The molecule has 0 unspecified atom stereocenters. The first-order chi connectivity index (χ1) is 9.92. The molecule has 1 amide bonds. The van der Waals surface area contributed by atoms with Crippen LogP contribution in [0.3, 0.4) is 0 Å². The van der Waals surface area contributed by atoms with Crippen molar-refractivity contribution in [2.45, 2.75) is 0 Å². The summed E-state index contributed by atoms with van der Waals surface area (Å²) in [6.07, 6.45) is 0. The van der Waals surface area contributed by atoms with Crippen molar-refractivity contribution in [3.05, 3.63) is 51.2 Å². The summed E-state index contributed by atoms with van der Waals surface area (Å²) in [6, 6.07) is 7.10. The van der Waals surface area contributed by atoms with E-state index >= 15 is 0 Å². The average molecular weight is 374 g/mol. The maximum absolute atomic E-state index is 13.5. The summed E-state index contributed by atoms with van der Waals surface area (Å²) in [6.45, 7) is 0. The van der Waals surface area contributed by atoms with Crippen LogP contribution in [0.25, 0.3) is 0 Å². The second kappa shape index (κ2) is 6.32. The second-order valence-corrected chi connectivity index (χ2v) is 5.40. The minimum atomic E-state index is -0.625. The number of hydrogen-bond acceptors (Lipinski definition) is 3. The first-order valence-corrected chi connectivity index (χ1v) is 7.03. The van der Waals surface area contributed by atoms with E-state index < -0.39 is 5.82 Å². The van der Waals surface area contributed by atoms with E-state index in [4.69, 9.17) is 22.1 Å². The number of halogens is 3. The Balaban J connectivity index is 2.46. The van der Waals surface area contributed by atoms with E-state index in [1.807, 2.05) is 0 Å². The van der Waals surface area contributed by atoms with Crippen molar-refractivity contribution < 1.29 is 13.9 Å². The number of ether oxygens (including phenoxy) is 1. The number of hydrogen-bond donors (Lipinski definition) is 2. The van der Waals surface area contributed by atoms with Gasteiger partial charge in [-0.1, -0.05) is 11.6 Å². The fourth-order valence-corrected chi connectivity index (χ4v) is 2.37. The molecule has 0 aliphatic heterocycles. The molecule has 2 rings (SSSR count). The molecule has 110 valence electrons. The Hall–Kier alpha value is -1.79. The van der Waals surface area contributed by atoms with Crippen LogP contribution in [-0.2, 0) is 0 Å². The van der Waals surface area contributed by atoms with Crippen LogP contribution in [0.2, 0.25) is 5.02 Å². The maximum atomic E-state index is 13.5. The summed E-state index contributed by atoms with van der Waals surface area (Å²) in [5.74, 6) is -0.555. The molecule has 2 aromatic rings. The van der Waals surface area contributed by atoms with Gasteiger partial charge >= 0.3 is 0 Å². The van der Waals surface area contributed by atoms with Crippen LogP contribution < -0.4 is 15.8 Å². The number of carbonyl (C=O) groups excluding carboxylic acids is 1. The van der Waals surface area contributed by atoms with Gasteiger partial charge in [-0.3, -0.25) is 4.79 Å². The third-order valence-electron chi connectivity index (χ3n) is 2.67. The minimum Gasteiger partial charge on any atom is -0.455 e. The van der Waals surface area contributed by atoms with E-state index in [1.165, 1.54) is 25.2 Å². The van der Waals surface area contributed by atoms with Crippen LogP contribution in [0.15, 0.2) is 34.8 Å². The molecule has 2 aromatic carbocycles. The number of carbonyl (C=O) groups is 1. The quantitative estimate of drug-likeness (QED) is 0.632. The van der Waals surface area contributed by atoms with Crippen molar-refractivity contribution in [3.8, 4) is 11.5 Å². The van der Waals surface area contributed by atoms with Crippen molar-refractivity contribution >= 4 is 39.1 Å². The lowest BCUT2D eigenvalue weighted by atomic mass is 10.1. The van der Waals surface area contributed by atoms with Crippen LogP contribution in [0.1, 0.15) is 10.4 Å². The number of rotatable bonds is 3. The molecule has 7 heteroatoms. The van der Waals surface area contributed by atoms with Gasteiger partial charge in [0, 0.05) is 24.9 Å². The average Bonchev–Trinajstić information content (AvgIpc) is 2.44. The van der Waals surface area contributed by atoms with Crippen LogP contribution in [-0.4, -0.2) is 13.0 Å². The second-order valence-electron chi connectivity index (χ2n) is 4.13. The first-order valence-electron chi connectivity index (χ1n) is 5.86. The minimum absolute atomic E-state index is 0.0340. The molecule has 21 heavy (non-hydrogen) atoms. The standard InChI is InChI=1S/C14H11BrClFN2O2/c1-19-14(20)8-3-2-7(18)4-12(8)21-13-6-11(17)10(16)5-9(13)15/h2-6H,18H2,1H3,(H,19,20). The zero-order valence-corrected chi connectivity index (χ0v) is 13.3. The summed E-state index contributed by atoms with van der Waals surface area (Å²) >= 11 is 8.90. The Labute approximate surface area is 134 Å². The highest BCUT2D eigenvalue weighted by atomic mass is 79.9. The number of nitrogens with one attached hydrogen (secondary N) is 1. The number of amides is 1. The molecule has 0 fully saturated rings. The molecule has 0 radical (unpaired) electrons. The monoisotopic (exact) mass is 372 g/mol. The number of benzene rings is 2. The molecule has 0 saturated carbocycles. The van der Waals surface area contributed by atoms with E-state index in [0.29, 0.717) is 10.2 Å². The third-order valence-corrected chi connectivity index (χ3v) is 3.58. The fourth-order valence-electron chi connectivity index (χ4n) is 1.65. The molecule has 0 aliphatic rings. The molecular weight excluding hydrogens is 363 g/mol. The number of anilines is 1. The summed E-state index contributed by atoms with van der Waals surface area (Å²) in [4.78, 5) is 11.8. The molecule has 0 heterocycles. The van der Waals surface area contributed by atoms with Crippen LogP contribution >= 0.6 is 27.5 Å². The predicted octanol–water partition coefficient (Wildman–Crippen LogP) is 3.98. The van der Waals surface area contributed by atoms with Crippen molar-refractivity contribution in [3.63, 3.8) is 0 Å². The summed E-state index contributed by atoms with van der Waals surface area (Å²) in [5, 5.41) is 2.46. The normalized spacial score (nSPS) is 10.3. The lowest BCUT2D eigenvalue weighted by Crippen LogP contribution is -2.18. The van der Waals surface area contributed by atoms with Gasteiger partial charge in [0.2, 0.25) is 0 Å². The lowest BCUT2D eigenvalue weighted by molar-refractivity contribution is 0.0961. The predicted molar refractivity (Wildman–Crippen MR) is 83.4 cm³/mol. The smallest absolute Gasteiger partial charge is 0.254 e. The number of nitrogens with two attached hydrogens (primary N) is 1. The first kappa shape index (κ1) is 15.6. The largest absolute Gasteiger partial charge is 0.455 e. The SMILES string of the molecule is CNC(=O)c1ccc(N)cc1Oc1cc(F)c(Cl)cc1Br. The topological polar surface area (TPSA) is 64.4 Å². The van der Waals surface area contributed by atoms with Crippen molar-refractivity contribution in [1.82, 2.24) is 5.32 Å². The lowest BCUT2D eigenvalue weighted by Gasteiger charge is -2.13. The van der Waals surface area contributed by atoms with Gasteiger partial charge in [0.05, 0.1) is 15.1 Å². The highest BCUT2D eigenvalue weighted by molar-refractivity contribution is 9.10. The molecule has 0 saturated heterocycles. The molecule has 0 spiro atoms. The van der Waals surface area contributed by atoms with Crippen LogP contribution in [0.4, 0.5) is 10.1 Å². The molecule has 0 aromatic heterocycles. The van der Waals surface area contributed by atoms with Crippen molar-refractivity contribution in [2.24, 2.45) is 0 Å². The highest BCUT2D eigenvalue weighted by Gasteiger charge is 2.15. The summed E-state index contributed by atoms with van der Waals surface area (Å²) in [5.41, 5.74) is 6.40. The van der Waals surface area contributed by atoms with E-state index in [1.54, 1.807) is 6.07 Å². The molecule has 0 bridgehead atoms. The van der Waals surface area contributed by atoms with Gasteiger partial charge in [-0.25, -0.2) is 4.39 Å². The summed E-state index contributed by atoms with van der Waals surface area (Å²) < 4.78 is 19.6. The van der Waals surface area contributed by atoms with Gasteiger partial charge < -0.3 is 15.8 Å². The molecule has 0 aliphatic carbocycles. The van der Waals surface area contributed by atoms with Crippen molar-refractivity contribution in [2.75, 3.05) is 12.8 Å². The van der Waals surface area contributed by atoms with E-state index in [2.05, 4.69) is 21.2 Å².